The maximum Gasteiger partial charge on any atom is 0.137 e. The molecule has 3 rings (SSSR count). The van der Waals surface area contributed by atoms with E-state index >= 15 is 0 Å². The largest absolute Gasteiger partial charge is 0.301 e. The van der Waals surface area contributed by atoms with Crippen LogP contribution in [-0.2, 0) is 6.42 Å². The van der Waals surface area contributed by atoms with Gasteiger partial charge in [0.2, 0.25) is 0 Å². The zero-order valence-electron chi connectivity index (χ0n) is 11.9. The first-order valence-corrected chi connectivity index (χ1v) is 7.09. The lowest BCUT2D eigenvalue weighted by Crippen LogP contribution is -1.94. The third-order valence-corrected chi connectivity index (χ3v) is 3.79. The molecule has 0 saturated carbocycles. The molecule has 0 atom stereocenters. The van der Waals surface area contributed by atoms with Crippen molar-refractivity contribution in [3.05, 3.63) is 58.4 Å². The number of nitriles is 1. The molecular formula is C17H14ClN3. The minimum atomic E-state index is 0.296. The van der Waals surface area contributed by atoms with E-state index < -0.39 is 0 Å². The van der Waals surface area contributed by atoms with Crippen LogP contribution in [-0.4, -0.2) is 9.38 Å². The molecule has 0 fully saturated rings. The lowest BCUT2D eigenvalue weighted by molar-refractivity contribution is 1.06. The maximum atomic E-state index is 9.13. The Morgan fingerprint density at radius 2 is 2.05 bits per heavy atom. The van der Waals surface area contributed by atoms with Gasteiger partial charge in [-0.25, -0.2) is 4.98 Å². The van der Waals surface area contributed by atoms with Gasteiger partial charge in [-0.3, -0.25) is 0 Å². The number of pyridine rings is 1. The molecule has 2 heterocycles. The average molecular weight is 296 g/mol. The van der Waals surface area contributed by atoms with E-state index in [1.165, 1.54) is 5.56 Å². The van der Waals surface area contributed by atoms with E-state index in [1.54, 1.807) is 0 Å². The Balaban J connectivity index is 2.31. The van der Waals surface area contributed by atoms with Gasteiger partial charge in [0, 0.05) is 11.8 Å². The summed E-state index contributed by atoms with van der Waals surface area (Å²) in [5.41, 5.74) is 5.97. The van der Waals surface area contributed by atoms with Crippen LogP contribution in [0.5, 0.6) is 0 Å². The predicted molar refractivity (Wildman–Crippen MR) is 84.4 cm³/mol. The third-order valence-electron chi connectivity index (χ3n) is 3.56. The van der Waals surface area contributed by atoms with Crippen molar-refractivity contribution in [2.75, 3.05) is 0 Å². The first-order chi connectivity index (χ1) is 10.1. The first kappa shape index (κ1) is 13.7. The highest BCUT2D eigenvalue weighted by atomic mass is 35.5. The van der Waals surface area contributed by atoms with Crippen LogP contribution in [0, 0.1) is 25.2 Å². The molecule has 4 heteroatoms. The molecule has 0 amide bonds. The van der Waals surface area contributed by atoms with Crippen molar-refractivity contribution < 1.29 is 0 Å². The topological polar surface area (TPSA) is 41.1 Å². The van der Waals surface area contributed by atoms with E-state index in [9.17, 15) is 0 Å². The Hall–Kier alpha value is -2.31. The van der Waals surface area contributed by atoms with E-state index in [0.717, 1.165) is 28.2 Å². The summed E-state index contributed by atoms with van der Waals surface area (Å²) in [7, 11) is 0. The standard InChI is InChI=1S/C17H14ClN3/c1-11-3-5-14(12(2)9-11)17-15(7-8-19)21-10-13(18)4-6-16(21)20-17/h3-6,9-10H,7H2,1-2H3. The molecular weight excluding hydrogens is 282 g/mol. The summed E-state index contributed by atoms with van der Waals surface area (Å²) < 4.78 is 1.90. The average Bonchev–Trinajstić information content (AvgIpc) is 2.78. The Labute approximate surface area is 128 Å². The first-order valence-electron chi connectivity index (χ1n) is 6.71. The van der Waals surface area contributed by atoms with Gasteiger partial charge in [-0.2, -0.15) is 5.26 Å². The highest BCUT2D eigenvalue weighted by molar-refractivity contribution is 6.30. The van der Waals surface area contributed by atoms with Gasteiger partial charge in [-0.05, 0) is 31.5 Å². The molecule has 1 aromatic carbocycles. The van der Waals surface area contributed by atoms with Crippen molar-refractivity contribution in [1.82, 2.24) is 9.38 Å². The minimum Gasteiger partial charge on any atom is -0.301 e. The molecule has 0 aliphatic heterocycles. The fourth-order valence-electron chi connectivity index (χ4n) is 2.61. The van der Waals surface area contributed by atoms with Crippen LogP contribution in [0.25, 0.3) is 16.9 Å². The molecule has 2 aromatic heterocycles. The molecule has 0 aliphatic carbocycles. The lowest BCUT2D eigenvalue weighted by Gasteiger charge is -2.06. The maximum absolute atomic E-state index is 9.13. The van der Waals surface area contributed by atoms with E-state index in [2.05, 4.69) is 43.1 Å². The van der Waals surface area contributed by atoms with Crippen molar-refractivity contribution in [3.8, 4) is 17.3 Å². The highest BCUT2D eigenvalue weighted by Crippen LogP contribution is 2.29. The van der Waals surface area contributed by atoms with E-state index in [0.29, 0.717) is 11.4 Å². The molecule has 104 valence electrons. The van der Waals surface area contributed by atoms with Gasteiger partial charge in [0.05, 0.1) is 28.9 Å². The number of fused-ring (bicyclic) bond motifs is 1. The Bertz CT molecular complexity index is 872. The summed E-state index contributed by atoms with van der Waals surface area (Å²) in [6.45, 7) is 4.13. The molecule has 0 spiro atoms. The van der Waals surface area contributed by atoms with E-state index in [4.69, 9.17) is 16.9 Å². The zero-order valence-corrected chi connectivity index (χ0v) is 12.6. The number of rotatable bonds is 2. The summed E-state index contributed by atoms with van der Waals surface area (Å²) in [6.07, 6.45) is 2.10. The second-order valence-electron chi connectivity index (χ2n) is 5.14. The zero-order chi connectivity index (χ0) is 15.0. The van der Waals surface area contributed by atoms with Crippen molar-refractivity contribution in [2.24, 2.45) is 0 Å². The monoisotopic (exact) mass is 295 g/mol. The molecule has 3 nitrogen and oxygen atoms in total. The fraction of sp³-hybridized carbons (Fsp3) is 0.176. The van der Waals surface area contributed by atoms with Gasteiger partial charge in [-0.15, -0.1) is 0 Å². The van der Waals surface area contributed by atoms with Crippen LogP contribution < -0.4 is 0 Å². The second kappa shape index (κ2) is 5.23. The SMILES string of the molecule is Cc1ccc(-c2nc3ccc(Cl)cn3c2CC#N)c(C)c1. The van der Waals surface area contributed by atoms with Gasteiger partial charge in [0.25, 0.3) is 0 Å². The molecule has 0 saturated heterocycles. The Kier molecular flexibility index (Phi) is 3.40. The molecule has 0 unspecified atom stereocenters. The Morgan fingerprint density at radius 1 is 1.24 bits per heavy atom. The summed E-state index contributed by atoms with van der Waals surface area (Å²) in [5.74, 6) is 0. The van der Waals surface area contributed by atoms with Gasteiger partial charge >= 0.3 is 0 Å². The number of imidazole rings is 1. The van der Waals surface area contributed by atoms with Crippen LogP contribution in [0.3, 0.4) is 0 Å². The smallest absolute Gasteiger partial charge is 0.137 e. The number of hydrogen-bond acceptors (Lipinski definition) is 2. The summed E-state index contributed by atoms with van der Waals surface area (Å²) in [4.78, 5) is 4.69. The van der Waals surface area contributed by atoms with Gasteiger partial charge in [0.15, 0.2) is 0 Å². The molecule has 0 N–H and O–H groups in total. The van der Waals surface area contributed by atoms with Crippen LogP contribution in [0.15, 0.2) is 36.5 Å². The lowest BCUT2D eigenvalue weighted by atomic mass is 10.0. The van der Waals surface area contributed by atoms with Crippen LogP contribution in [0.2, 0.25) is 5.02 Å². The highest BCUT2D eigenvalue weighted by Gasteiger charge is 2.15. The van der Waals surface area contributed by atoms with Gasteiger partial charge < -0.3 is 4.40 Å². The van der Waals surface area contributed by atoms with Gasteiger partial charge in [0.1, 0.15) is 5.65 Å². The number of halogens is 1. The molecule has 0 bridgehead atoms. The van der Waals surface area contributed by atoms with Crippen LogP contribution in [0.1, 0.15) is 16.8 Å². The molecule has 0 radical (unpaired) electrons. The van der Waals surface area contributed by atoms with Crippen molar-refractivity contribution >= 4 is 17.2 Å². The van der Waals surface area contributed by atoms with Crippen molar-refractivity contribution in [2.45, 2.75) is 20.3 Å². The second-order valence-corrected chi connectivity index (χ2v) is 5.57. The number of nitrogens with zero attached hydrogens (tertiary/aromatic N) is 3. The quantitative estimate of drug-likeness (QED) is 0.706. The van der Waals surface area contributed by atoms with E-state index in [1.807, 2.05) is 22.7 Å². The summed E-state index contributed by atoms with van der Waals surface area (Å²) in [6, 6.07) is 12.2. The van der Waals surface area contributed by atoms with Crippen LogP contribution >= 0.6 is 11.6 Å². The van der Waals surface area contributed by atoms with Crippen molar-refractivity contribution in [3.63, 3.8) is 0 Å². The number of hydrogen-bond donors (Lipinski definition) is 0. The van der Waals surface area contributed by atoms with Crippen molar-refractivity contribution in [1.29, 1.82) is 5.26 Å². The predicted octanol–water partition coefficient (Wildman–Crippen LogP) is 4.34. The van der Waals surface area contributed by atoms with Gasteiger partial charge in [-0.1, -0.05) is 35.4 Å². The Morgan fingerprint density at radius 3 is 2.76 bits per heavy atom. The normalized spacial score (nSPS) is 10.8. The van der Waals surface area contributed by atoms with Crippen LogP contribution in [0.4, 0.5) is 0 Å². The summed E-state index contributed by atoms with van der Waals surface area (Å²) in [5, 5.41) is 9.76. The fourth-order valence-corrected chi connectivity index (χ4v) is 2.77. The molecule has 21 heavy (non-hydrogen) atoms. The number of aromatic nitrogens is 2. The van der Waals surface area contributed by atoms with E-state index in [-0.39, 0.29) is 0 Å². The summed E-state index contributed by atoms with van der Waals surface area (Å²) >= 11 is 6.07. The molecule has 3 aromatic rings. The third kappa shape index (κ3) is 2.39. The minimum absolute atomic E-state index is 0.296. The number of benzene rings is 1. The molecule has 0 aliphatic rings. The number of aryl methyl sites for hydroxylation is 2.